The molecule has 0 heterocycles. The summed E-state index contributed by atoms with van der Waals surface area (Å²) in [6.07, 6.45) is 6.16. The summed E-state index contributed by atoms with van der Waals surface area (Å²) >= 11 is 1.98. The average Bonchev–Trinajstić information content (AvgIpc) is 2.49. The summed E-state index contributed by atoms with van der Waals surface area (Å²) in [6.45, 7) is 1.76. The second-order valence-corrected chi connectivity index (χ2v) is 6.63. The lowest BCUT2D eigenvalue weighted by Crippen LogP contribution is -2.43. The van der Waals surface area contributed by atoms with Crippen molar-refractivity contribution in [1.29, 1.82) is 0 Å². The number of methoxy groups -OCH3 is 3. The van der Waals surface area contributed by atoms with Crippen molar-refractivity contribution < 1.29 is 14.2 Å². The monoisotopic (exact) mass is 311 g/mol. The van der Waals surface area contributed by atoms with Gasteiger partial charge in [0.05, 0.1) is 26.9 Å². The van der Waals surface area contributed by atoms with Gasteiger partial charge in [0.1, 0.15) is 17.2 Å². The lowest BCUT2D eigenvalue weighted by atomic mass is 9.84. The molecule has 4 nitrogen and oxygen atoms in total. The lowest BCUT2D eigenvalue weighted by molar-refractivity contribution is 0.338. The molecule has 0 amide bonds. The highest BCUT2D eigenvalue weighted by Gasteiger charge is 2.35. The minimum atomic E-state index is 0.424. The zero-order chi connectivity index (χ0) is 15.3. The van der Waals surface area contributed by atoms with Crippen LogP contribution in [0.4, 0.5) is 0 Å². The standard InChI is InChI=1S/C16H25NO3S/c1-18-12-8-14(19-2)13(15(9-12)20-3)10-17-11-16(21-4)6-5-7-16/h8-9,17H,5-7,10-11H2,1-4H3. The Balaban J connectivity index is 2.07. The topological polar surface area (TPSA) is 39.7 Å². The normalized spacial score (nSPS) is 16.2. The van der Waals surface area contributed by atoms with Gasteiger partial charge in [-0.2, -0.15) is 11.8 Å². The summed E-state index contributed by atoms with van der Waals surface area (Å²) in [4.78, 5) is 0. The third kappa shape index (κ3) is 3.58. The summed E-state index contributed by atoms with van der Waals surface area (Å²) in [5.74, 6) is 2.34. The van der Waals surface area contributed by atoms with Gasteiger partial charge in [-0.25, -0.2) is 0 Å². The summed E-state index contributed by atoms with van der Waals surface area (Å²) in [5.41, 5.74) is 1.04. The molecule has 0 bridgehead atoms. The third-order valence-electron chi connectivity index (χ3n) is 4.26. The second-order valence-electron chi connectivity index (χ2n) is 5.35. The van der Waals surface area contributed by atoms with Crippen LogP contribution in [0, 0.1) is 0 Å². The van der Waals surface area contributed by atoms with Crippen LogP contribution >= 0.6 is 11.8 Å². The predicted molar refractivity (Wildman–Crippen MR) is 87.9 cm³/mol. The van der Waals surface area contributed by atoms with E-state index >= 15 is 0 Å². The van der Waals surface area contributed by atoms with Crippen molar-refractivity contribution in [2.75, 3.05) is 34.1 Å². The highest BCUT2D eigenvalue weighted by Crippen LogP contribution is 2.42. The van der Waals surface area contributed by atoms with Crippen LogP contribution in [-0.4, -0.2) is 38.9 Å². The van der Waals surface area contributed by atoms with E-state index in [1.165, 1.54) is 19.3 Å². The van der Waals surface area contributed by atoms with Gasteiger partial charge < -0.3 is 19.5 Å². The van der Waals surface area contributed by atoms with E-state index in [1.807, 2.05) is 23.9 Å². The smallest absolute Gasteiger partial charge is 0.130 e. The molecule has 21 heavy (non-hydrogen) atoms. The molecule has 2 rings (SSSR count). The first-order valence-corrected chi connectivity index (χ1v) is 8.45. The van der Waals surface area contributed by atoms with Gasteiger partial charge in [0.15, 0.2) is 0 Å². The molecule has 1 fully saturated rings. The highest BCUT2D eigenvalue weighted by atomic mass is 32.2. The third-order valence-corrected chi connectivity index (χ3v) is 5.68. The van der Waals surface area contributed by atoms with Crippen LogP contribution in [0.2, 0.25) is 0 Å². The average molecular weight is 311 g/mol. The number of rotatable bonds is 8. The fourth-order valence-corrected chi connectivity index (χ4v) is 3.63. The van der Waals surface area contributed by atoms with Crippen molar-refractivity contribution in [2.24, 2.45) is 0 Å². The van der Waals surface area contributed by atoms with Crippen LogP contribution in [0.15, 0.2) is 12.1 Å². The maximum atomic E-state index is 5.47. The summed E-state index contributed by atoms with van der Waals surface area (Å²) < 4.78 is 16.6. The van der Waals surface area contributed by atoms with E-state index in [-0.39, 0.29) is 0 Å². The molecule has 1 aliphatic carbocycles. The Bertz CT molecular complexity index is 444. The predicted octanol–water partition coefficient (Wildman–Crippen LogP) is 3.09. The van der Waals surface area contributed by atoms with Gasteiger partial charge in [-0.1, -0.05) is 6.42 Å². The van der Waals surface area contributed by atoms with Gasteiger partial charge in [0, 0.05) is 30.0 Å². The Morgan fingerprint density at radius 3 is 2.10 bits per heavy atom. The molecule has 1 N–H and O–H groups in total. The molecule has 0 aromatic heterocycles. The number of nitrogens with one attached hydrogen (secondary N) is 1. The van der Waals surface area contributed by atoms with E-state index in [2.05, 4.69) is 11.6 Å². The second kappa shape index (κ2) is 7.27. The van der Waals surface area contributed by atoms with Crippen molar-refractivity contribution in [1.82, 2.24) is 5.32 Å². The summed E-state index contributed by atoms with van der Waals surface area (Å²) in [7, 11) is 4.99. The fourth-order valence-electron chi connectivity index (χ4n) is 2.69. The number of hydrogen-bond donors (Lipinski definition) is 1. The highest BCUT2D eigenvalue weighted by molar-refractivity contribution is 8.00. The first-order valence-electron chi connectivity index (χ1n) is 7.23. The van der Waals surface area contributed by atoms with E-state index in [1.54, 1.807) is 21.3 Å². The van der Waals surface area contributed by atoms with Crippen LogP contribution in [0.3, 0.4) is 0 Å². The molecule has 1 aromatic rings. The molecule has 118 valence electrons. The van der Waals surface area contributed by atoms with Crippen LogP contribution in [0.25, 0.3) is 0 Å². The van der Waals surface area contributed by atoms with Crippen molar-refractivity contribution in [3.63, 3.8) is 0 Å². The Hall–Kier alpha value is -1.07. The molecule has 0 aliphatic heterocycles. The van der Waals surface area contributed by atoms with Crippen LogP contribution in [0.1, 0.15) is 24.8 Å². The Morgan fingerprint density at radius 1 is 1.10 bits per heavy atom. The SMILES string of the molecule is COc1cc(OC)c(CNCC2(SC)CCC2)c(OC)c1. The van der Waals surface area contributed by atoms with Gasteiger partial charge >= 0.3 is 0 Å². The minimum Gasteiger partial charge on any atom is -0.496 e. The van der Waals surface area contributed by atoms with Crippen LogP contribution < -0.4 is 19.5 Å². The van der Waals surface area contributed by atoms with E-state index in [0.717, 1.165) is 35.9 Å². The van der Waals surface area contributed by atoms with Gasteiger partial charge in [0.2, 0.25) is 0 Å². The largest absolute Gasteiger partial charge is 0.496 e. The summed E-state index contributed by atoms with van der Waals surface area (Å²) in [5, 5.41) is 3.56. The molecule has 0 radical (unpaired) electrons. The molecule has 0 spiro atoms. The van der Waals surface area contributed by atoms with Crippen molar-refractivity contribution >= 4 is 11.8 Å². The summed E-state index contributed by atoms with van der Waals surface area (Å²) in [6, 6.07) is 3.79. The van der Waals surface area contributed by atoms with Gasteiger partial charge in [-0.05, 0) is 19.1 Å². The molecule has 5 heteroatoms. The molecular formula is C16H25NO3S. The van der Waals surface area contributed by atoms with Gasteiger partial charge in [0.25, 0.3) is 0 Å². The first kappa shape index (κ1) is 16.3. The molecule has 1 aliphatic rings. The van der Waals surface area contributed by atoms with E-state index < -0.39 is 0 Å². The maximum Gasteiger partial charge on any atom is 0.130 e. The van der Waals surface area contributed by atoms with Gasteiger partial charge in [-0.3, -0.25) is 0 Å². The first-order chi connectivity index (χ1) is 10.2. The number of thioether (sulfide) groups is 1. The van der Waals surface area contributed by atoms with Crippen LogP contribution in [-0.2, 0) is 6.54 Å². The Morgan fingerprint density at radius 2 is 1.71 bits per heavy atom. The van der Waals surface area contributed by atoms with E-state index in [0.29, 0.717) is 4.75 Å². The zero-order valence-corrected chi connectivity index (χ0v) is 14.1. The van der Waals surface area contributed by atoms with E-state index in [9.17, 15) is 0 Å². The fraction of sp³-hybridized carbons (Fsp3) is 0.625. The number of ether oxygens (including phenoxy) is 3. The van der Waals surface area contributed by atoms with Crippen LogP contribution in [0.5, 0.6) is 17.2 Å². The molecule has 0 unspecified atom stereocenters. The zero-order valence-electron chi connectivity index (χ0n) is 13.3. The molecule has 1 aromatic carbocycles. The quantitative estimate of drug-likeness (QED) is 0.799. The van der Waals surface area contributed by atoms with Crippen molar-refractivity contribution in [3.05, 3.63) is 17.7 Å². The van der Waals surface area contributed by atoms with Gasteiger partial charge in [-0.15, -0.1) is 0 Å². The van der Waals surface area contributed by atoms with E-state index in [4.69, 9.17) is 14.2 Å². The molecule has 1 saturated carbocycles. The Labute approximate surface area is 131 Å². The van der Waals surface area contributed by atoms with Crippen molar-refractivity contribution in [3.8, 4) is 17.2 Å². The maximum absolute atomic E-state index is 5.47. The minimum absolute atomic E-state index is 0.424. The molecular weight excluding hydrogens is 286 g/mol. The number of benzene rings is 1. The van der Waals surface area contributed by atoms with Crippen molar-refractivity contribution in [2.45, 2.75) is 30.6 Å². The number of hydrogen-bond acceptors (Lipinski definition) is 5. The molecule has 0 saturated heterocycles. The molecule has 0 atom stereocenters. The lowest BCUT2D eigenvalue weighted by Gasteiger charge is -2.40. The Kier molecular flexibility index (Phi) is 5.65.